The topological polar surface area (TPSA) is 97.3 Å². The van der Waals surface area contributed by atoms with Crippen LogP contribution in [0, 0.1) is 0 Å². The van der Waals surface area contributed by atoms with E-state index in [1.807, 2.05) is 0 Å². The van der Waals surface area contributed by atoms with Gasteiger partial charge in [0.05, 0.1) is 4.47 Å². The highest BCUT2D eigenvalue weighted by Gasteiger charge is 2.21. The van der Waals surface area contributed by atoms with Gasteiger partial charge < -0.3 is 15.0 Å². The van der Waals surface area contributed by atoms with Crippen LogP contribution >= 0.6 is 38.9 Å². The van der Waals surface area contributed by atoms with Crippen molar-refractivity contribution in [2.75, 3.05) is 10.0 Å². The Morgan fingerprint density at radius 2 is 2.04 bits per heavy atom. The first-order valence-electron chi connectivity index (χ1n) is 7.28. The van der Waals surface area contributed by atoms with Crippen LogP contribution in [0.5, 0.6) is 5.75 Å². The van der Waals surface area contributed by atoms with E-state index in [0.717, 1.165) is 0 Å². The van der Waals surface area contributed by atoms with Gasteiger partial charge in [0.25, 0.3) is 0 Å². The monoisotopic (exact) mass is 473 g/mol. The first kappa shape index (κ1) is 19.1. The van der Waals surface area contributed by atoms with Gasteiger partial charge in [0.15, 0.2) is 15.3 Å². The van der Waals surface area contributed by atoms with Gasteiger partial charge >= 0.3 is 0 Å². The van der Waals surface area contributed by atoms with Gasteiger partial charge in [0.1, 0.15) is 5.75 Å². The number of phenols is 1. The molecule has 0 saturated heterocycles. The smallest absolute Gasteiger partial charge is 0.225 e. The number of aromatic hydroxyl groups is 1. The van der Waals surface area contributed by atoms with E-state index in [-0.39, 0.29) is 10.6 Å². The van der Waals surface area contributed by atoms with E-state index in [2.05, 4.69) is 31.0 Å². The average Bonchev–Trinajstić information content (AvgIpc) is 3.09. The Balaban J connectivity index is 1.69. The summed E-state index contributed by atoms with van der Waals surface area (Å²) in [5.41, 5.74) is 1.32. The Labute approximate surface area is 168 Å². The zero-order valence-corrected chi connectivity index (χ0v) is 17.1. The number of halogens is 2. The molecule has 3 N–H and O–H groups in total. The van der Waals surface area contributed by atoms with Crippen molar-refractivity contribution in [3.63, 3.8) is 0 Å². The minimum atomic E-state index is -3.68. The van der Waals surface area contributed by atoms with E-state index in [1.165, 1.54) is 29.7 Å². The average molecular weight is 475 g/mol. The van der Waals surface area contributed by atoms with Crippen LogP contribution in [-0.4, -0.2) is 14.6 Å². The molecule has 0 aliphatic heterocycles. The lowest BCUT2D eigenvalue weighted by molar-refractivity contribution is 0.465. The molecule has 1 heterocycles. The molecule has 0 radical (unpaired) electrons. The van der Waals surface area contributed by atoms with Gasteiger partial charge in [-0.15, -0.1) is 11.3 Å². The molecule has 26 heavy (non-hydrogen) atoms. The molecule has 10 heteroatoms. The van der Waals surface area contributed by atoms with Crippen molar-refractivity contribution < 1.29 is 13.9 Å². The first-order valence-corrected chi connectivity index (χ1v) is 10.8. The lowest BCUT2D eigenvalue weighted by Crippen LogP contribution is -2.20. The number of anilines is 2. The number of nitrogens with one attached hydrogen (secondary N) is 2. The second-order valence-electron chi connectivity index (χ2n) is 5.22. The molecule has 1 unspecified atom stereocenters. The Kier molecular flexibility index (Phi) is 5.83. The second-order valence-corrected chi connectivity index (χ2v) is 9.08. The fourth-order valence-corrected chi connectivity index (χ4v) is 4.81. The maximum Gasteiger partial charge on any atom is 0.225 e. The van der Waals surface area contributed by atoms with Gasteiger partial charge in [-0.05, 0) is 52.3 Å². The van der Waals surface area contributed by atoms with E-state index in [1.54, 1.807) is 29.6 Å². The number of hydrogen-bond acceptors (Lipinski definition) is 6. The largest absolute Gasteiger partial charge is 0.588 e. The predicted octanol–water partition coefficient (Wildman–Crippen LogP) is 4.89. The molecule has 1 aromatic heterocycles. The van der Waals surface area contributed by atoms with Crippen molar-refractivity contribution in [2.45, 2.75) is 11.4 Å². The number of phenolic OH excluding ortho intramolecular Hbond substituents is 1. The van der Waals surface area contributed by atoms with E-state index < -0.39 is 10.4 Å². The molecule has 0 spiro atoms. The normalized spacial score (nSPS) is 13.2. The van der Waals surface area contributed by atoms with Crippen molar-refractivity contribution >= 4 is 60.1 Å². The summed E-state index contributed by atoms with van der Waals surface area (Å²) in [7, 11) is -3.68. The van der Waals surface area contributed by atoms with Crippen molar-refractivity contribution in [3.8, 4) is 5.75 Å². The molecule has 1 atom stereocenters. The molecule has 3 rings (SSSR count). The summed E-state index contributed by atoms with van der Waals surface area (Å²) in [6.07, 6.45) is 1.53. The number of rotatable bonds is 6. The maximum absolute atomic E-state index is 12.3. The molecular weight excluding hydrogens is 462 g/mol. The summed E-state index contributed by atoms with van der Waals surface area (Å²) in [6, 6.07) is 9.54. The second kappa shape index (κ2) is 7.93. The van der Waals surface area contributed by atoms with Gasteiger partial charge in [-0.25, -0.2) is 4.98 Å². The summed E-state index contributed by atoms with van der Waals surface area (Å²) in [5.74, 6) is 0.105. The Hall–Kier alpha value is -1.65. The lowest BCUT2D eigenvalue weighted by atomic mass is 10.2. The van der Waals surface area contributed by atoms with Gasteiger partial charge in [-0.1, -0.05) is 15.8 Å². The number of aromatic nitrogens is 1. The molecule has 2 aromatic carbocycles. The van der Waals surface area contributed by atoms with E-state index in [0.29, 0.717) is 32.4 Å². The minimum absolute atomic E-state index is 0.105. The summed E-state index contributed by atoms with van der Waals surface area (Å²) >= 11 is 10.4. The van der Waals surface area contributed by atoms with Crippen LogP contribution in [0.4, 0.5) is 10.8 Å². The quantitative estimate of drug-likeness (QED) is 0.442. The van der Waals surface area contributed by atoms with Crippen LogP contribution in [0.2, 0.25) is 5.02 Å². The van der Waals surface area contributed by atoms with Gasteiger partial charge in [-0.2, -0.15) is 4.72 Å². The zero-order valence-electron chi connectivity index (χ0n) is 13.1. The molecule has 0 aliphatic rings. The summed E-state index contributed by atoms with van der Waals surface area (Å²) in [4.78, 5) is 4.04. The molecule has 6 nitrogen and oxygen atoms in total. The molecule has 0 aliphatic carbocycles. The van der Waals surface area contributed by atoms with Gasteiger partial charge in [0, 0.05) is 34.4 Å². The van der Waals surface area contributed by atoms with Gasteiger partial charge in [-0.3, -0.25) is 0 Å². The SMILES string of the molecule is O=[S+]([O-])(Nc1nccs1)c1ccc(NCc2cc(Cl)cc(Br)c2O)cc1. The Bertz CT molecular complexity index is 952. The lowest BCUT2D eigenvalue weighted by Gasteiger charge is -2.15. The summed E-state index contributed by atoms with van der Waals surface area (Å²) in [6.45, 7) is 0.328. The van der Waals surface area contributed by atoms with Gasteiger partial charge in [0.2, 0.25) is 5.13 Å². The van der Waals surface area contributed by atoms with Crippen LogP contribution in [0.15, 0.2) is 57.3 Å². The number of benzene rings is 2. The standard InChI is InChI=1S/C16H13BrClN3O3S2/c17-14-8-11(18)7-10(15(14)22)9-20-12-1-3-13(4-2-12)26(23,24)21-16-19-5-6-25-16/h1-8H,9H2,(H3-,19,20,21,22,23,24). The fourth-order valence-electron chi connectivity index (χ4n) is 2.15. The van der Waals surface area contributed by atoms with Crippen molar-refractivity contribution in [1.82, 2.24) is 4.98 Å². The van der Waals surface area contributed by atoms with E-state index in [9.17, 15) is 13.9 Å². The molecule has 0 saturated carbocycles. The van der Waals surface area contributed by atoms with Crippen molar-refractivity contribution in [1.29, 1.82) is 0 Å². The number of thiazole rings is 1. The molecule has 136 valence electrons. The molecule has 0 bridgehead atoms. The fraction of sp³-hybridized carbons (Fsp3) is 0.0625. The highest BCUT2D eigenvalue weighted by atomic mass is 79.9. The first-order chi connectivity index (χ1) is 12.3. The number of hydrogen-bond donors (Lipinski definition) is 3. The van der Waals surface area contributed by atoms with Crippen molar-refractivity contribution in [2.24, 2.45) is 0 Å². The van der Waals surface area contributed by atoms with Crippen LogP contribution < -0.4 is 10.0 Å². The van der Waals surface area contributed by atoms with E-state index in [4.69, 9.17) is 11.6 Å². The van der Waals surface area contributed by atoms with E-state index >= 15 is 0 Å². The van der Waals surface area contributed by atoms with Crippen molar-refractivity contribution in [3.05, 3.63) is 63.0 Å². The van der Waals surface area contributed by atoms with Crippen LogP contribution in [0.1, 0.15) is 5.56 Å². The third-order valence-corrected chi connectivity index (χ3v) is 6.40. The highest BCUT2D eigenvalue weighted by molar-refractivity contribution is 9.10. The predicted molar refractivity (Wildman–Crippen MR) is 107 cm³/mol. The summed E-state index contributed by atoms with van der Waals surface area (Å²) < 4.78 is 27.5. The Morgan fingerprint density at radius 1 is 1.31 bits per heavy atom. The molecule has 0 fully saturated rings. The minimum Gasteiger partial charge on any atom is -0.588 e. The third kappa shape index (κ3) is 4.54. The van der Waals surface area contributed by atoms with Crippen LogP contribution in [0.25, 0.3) is 0 Å². The summed E-state index contributed by atoms with van der Waals surface area (Å²) in [5, 5.41) is 15.7. The number of sulfonamides is 1. The molecule has 3 aromatic rings. The molecule has 0 amide bonds. The van der Waals surface area contributed by atoms with Crippen LogP contribution in [-0.2, 0) is 21.2 Å². The number of nitrogens with zero attached hydrogens (tertiary/aromatic N) is 1. The highest BCUT2D eigenvalue weighted by Crippen LogP contribution is 2.32. The zero-order chi connectivity index (χ0) is 18.7. The molecular formula is C16H13BrClN3O3S2. The Morgan fingerprint density at radius 3 is 2.69 bits per heavy atom. The third-order valence-electron chi connectivity index (χ3n) is 3.41. The van der Waals surface area contributed by atoms with Crippen LogP contribution in [0.3, 0.4) is 0 Å². The maximum atomic E-state index is 12.3.